The monoisotopic (exact) mass is 340 g/mol. The number of thiophene rings is 1. The fraction of sp³-hybridized carbons (Fsp3) is 0.389. The summed E-state index contributed by atoms with van der Waals surface area (Å²) in [6.07, 6.45) is 1.93. The van der Waals surface area contributed by atoms with Crippen LogP contribution in [0.25, 0.3) is 5.65 Å². The van der Waals surface area contributed by atoms with Gasteiger partial charge in [-0.05, 0) is 44.2 Å². The van der Waals surface area contributed by atoms with Crippen molar-refractivity contribution in [2.24, 2.45) is 0 Å². The van der Waals surface area contributed by atoms with Gasteiger partial charge in [0.2, 0.25) is 0 Å². The molecule has 0 unspecified atom stereocenters. The van der Waals surface area contributed by atoms with E-state index in [1.165, 1.54) is 0 Å². The van der Waals surface area contributed by atoms with Crippen LogP contribution in [0, 0.1) is 13.8 Å². The SMILES string of the molecule is Cc1cc2nc(C3CCN(C(=O)c4ccsc4)CC3)cc(C)n2n1. The third-order valence-corrected chi connectivity index (χ3v) is 5.40. The third-order valence-electron chi connectivity index (χ3n) is 4.72. The predicted molar refractivity (Wildman–Crippen MR) is 94.7 cm³/mol. The molecular formula is C18H20N4OS. The molecule has 0 aromatic carbocycles. The number of piperidine rings is 1. The van der Waals surface area contributed by atoms with E-state index in [2.05, 4.69) is 18.1 Å². The van der Waals surface area contributed by atoms with Crippen molar-refractivity contribution < 1.29 is 4.79 Å². The van der Waals surface area contributed by atoms with Crippen molar-refractivity contribution in [1.29, 1.82) is 0 Å². The van der Waals surface area contributed by atoms with E-state index in [-0.39, 0.29) is 5.91 Å². The predicted octanol–water partition coefficient (Wildman–Crippen LogP) is 3.43. The van der Waals surface area contributed by atoms with Crippen molar-refractivity contribution in [3.05, 3.63) is 51.6 Å². The molecule has 3 aromatic rings. The summed E-state index contributed by atoms with van der Waals surface area (Å²) in [6, 6.07) is 6.06. The lowest BCUT2D eigenvalue weighted by Crippen LogP contribution is -2.37. The van der Waals surface area contributed by atoms with Crippen LogP contribution in [0.1, 0.15) is 46.2 Å². The van der Waals surface area contributed by atoms with Gasteiger partial charge in [0.05, 0.1) is 11.3 Å². The smallest absolute Gasteiger partial charge is 0.254 e. The maximum Gasteiger partial charge on any atom is 0.254 e. The standard InChI is InChI=1S/C18H20N4OS/c1-12-9-17-19-16(10-13(2)22(17)20-12)14-3-6-21(7-4-14)18(23)15-5-8-24-11-15/h5,8-11,14H,3-4,6-7H2,1-2H3. The molecule has 4 heterocycles. The number of nitrogens with zero attached hydrogens (tertiary/aromatic N) is 4. The van der Waals surface area contributed by atoms with Gasteiger partial charge in [0, 0.05) is 41.8 Å². The van der Waals surface area contributed by atoms with Gasteiger partial charge < -0.3 is 4.90 Å². The zero-order valence-electron chi connectivity index (χ0n) is 13.9. The number of hydrogen-bond acceptors (Lipinski definition) is 4. The summed E-state index contributed by atoms with van der Waals surface area (Å²) in [7, 11) is 0. The van der Waals surface area contributed by atoms with E-state index < -0.39 is 0 Å². The molecule has 0 aliphatic carbocycles. The molecule has 6 heteroatoms. The topological polar surface area (TPSA) is 50.5 Å². The number of hydrogen-bond donors (Lipinski definition) is 0. The number of carbonyl (C=O) groups excluding carboxylic acids is 1. The van der Waals surface area contributed by atoms with Crippen LogP contribution in [0.5, 0.6) is 0 Å². The lowest BCUT2D eigenvalue weighted by Gasteiger charge is -2.31. The minimum atomic E-state index is 0.153. The molecule has 0 N–H and O–H groups in total. The van der Waals surface area contributed by atoms with Crippen molar-refractivity contribution in [1.82, 2.24) is 19.5 Å². The molecular weight excluding hydrogens is 320 g/mol. The molecule has 1 fully saturated rings. The minimum Gasteiger partial charge on any atom is -0.339 e. The van der Waals surface area contributed by atoms with E-state index in [1.807, 2.05) is 39.2 Å². The van der Waals surface area contributed by atoms with Crippen LogP contribution in [-0.2, 0) is 0 Å². The second kappa shape index (κ2) is 6.02. The number of aromatic nitrogens is 3. The Morgan fingerprint density at radius 2 is 2.04 bits per heavy atom. The van der Waals surface area contributed by atoms with Crippen molar-refractivity contribution in [3.8, 4) is 0 Å². The average molecular weight is 340 g/mol. The second-order valence-electron chi connectivity index (χ2n) is 6.46. The summed E-state index contributed by atoms with van der Waals surface area (Å²) in [5, 5.41) is 8.34. The summed E-state index contributed by atoms with van der Waals surface area (Å²) in [6.45, 7) is 5.65. The molecule has 0 radical (unpaired) electrons. The Bertz CT molecular complexity index is 876. The summed E-state index contributed by atoms with van der Waals surface area (Å²) in [4.78, 5) is 19.2. The molecule has 124 valence electrons. The molecule has 0 spiro atoms. The van der Waals surface area contributed by atoms with Crippen LogP contribution >= 0.6 is 11.3 Å². The van der Waals surface area contributed by atoms with Gasteiger partial charge in [-0.1, -0.05) is 0 Å². The highest BCUT2D eigenvalue weighted by molar-refractivity contribution is 7.08. The van der Waals surface area contributed by atoms with E-state index in [0.717, 1.165) is 54.2 Å². The van der Waals surface area contributed by atoms with Crippen LogP contribution in [0.15, 0.2) is 29.0 Å². The molecule has 1 aliphatic rings. The highest BCUT2D eigenvalue weighted by Gasteiger charge is 2.26. The van der Waals surface area contributed by atoms with E-state index >= 15 is 0 Å². The van der Waals surface area contributed by atoms with Crippen molar-refractivity contribution in [2.75, 3.05) is 13.1 Å². The molecule has 1 aliphatic heterocycles. The van der Waals surface area contributed by atoms with Crippen molar-refractivity contribution in [2.45, 2.75) is 32.6 Å². The van der Waals surface area contributed by atoms with Gasteiger partial charge in [0.1, 0.15) is 0 Å². The number of likely N-dealkylation sites (tertiary alicyclic amines) is 1. The van der Waals surface area contributed by atoms with E-state index in [4.69, 9.17) is 4.98 Å². The van der Waals surface area contributed by atoms with Crippen LogP contribution in [0.4, 0.5) is 0 Å². The van der Waals surface area contributed by atoms with Gasteiger partial charge >= 0.3 is 0 Å². The second-order valence-corrected chi connectivity index (χ2v) is 7.24. The van der Waals surface area contributed by atoms with Crippen LogP contribution in [-0.4, -0.2) is 38.5 Å². The Labute approximate surface area is 144 Å². The van der Waals surface area contributed by atoms with Crippen LogP contribution in [0.3, 0.4) is 0 Å². The van der Waals surface area contributed by atoms with Crippen molar-refractivity contribution in [3.63, 3.8) is 0 Å². The summed E-state index contributed by atoms with van der Waals surface area (Å²) in [5.74, 6) is 0.566. The Balaban J connectivity index is 1.50. The molecule has 0 bridgehead atoms. The fourth-order valence-corrected chi connectivity index (χ4v) is 4.05. The van der Waals surface area contributed by atoms with Gasteiger partial charge in [-0.3, -0.25) is 4.79 Å². The lowest BCUT2D eigenvalue weighted by atomic mass is 9.92. The largest absolute Gasteiger partial charge is 0.339 e. The number of fused-ring (bicyclic) bond motifs is 1. The molecule has 3 aromatic heterocycles. The first-order chi connectivity index (χ1) is 11.6. The van der Waals surface area contributed by atoms with Crippen molar-refractivity contribution >= 4 is 22.9 Å². The fourth-order valence-electron chi connectivity index (χ4n) is 3.42. The summed E-state index contributed by atoms with van der Waals surface area (Å²) < 4.78 is 1.90. The zero-order chi connectivity index (χ0) is 16.7. The Hall–Kier alpha value is -2.21. The molecule has 1 amide bonds. The minimum absolute atomic E-state index is 0.153. The molecule has 0 saturated carbocycles. The third kappa shape index (κ3) is 2.71. The summed E-state index contributed by atoms with van der Waals surface area (Å²) in [5.41, 5.74) is 4.95. The first-order valence-electron chi connectivity index (χ1n) is 8.27. The number of carbonyl (C=O) groups is 1. The first kappa shape index (κ1) is 15.3. The van der Waals surface area contributed by atoms with Crippen LogP contribution in [0.2, 0.25) is 0 Å². The highest BCUT2D eigenvalue weighted by atomic mass is 32.1. The van der Waals surface area contributed by atoms with Gasteiger partial charge in [-0.15, -0.1) is 0 Å². The maximum atomic E-state index is 12.4. The van der Waals surface area contributed by atoms with E-state index in [0.29, 0.717) is 5.92 Å². The first-order valence-corrected chi connectivity index (χ1v) is 9.21. The number of rotatable bonds is 2. The normalized spacial score (nSPS) is 16.0. The maximum absolute atomic E-state index is 12.4. The van der Waals surface area contributed by atoms with Gasteiger partial charge in [0.25, 0.3) is 5.91 Å². The lowest BCUT2D eigenvalue weighted by molar-refractivity contribution is 0.0712. The highest BCUT2D eigenvalue weighted by Crippen LogP contribution is 2.28. The quantitative estimate of drug-likeness (QED) is 0.718. The van der Waals surface area contributed by atoms with Gasteiger partial charge in [0.15, 0.2) is 5.65 Å². The van der Waals surface area contributed by atoms with E-state index in [9.17, 15) is 4.79 Å². The zero-order valence-corrected chi connectivity index (χ0v) is 14.7. The molecule has 4 rings (SSSR count). The number of aryl methyl sites for hydroxylation is 2. The van der Waals surface area contributed by atoms with Crippen LogP contribution < -0.4 is 0 Å². The van der Waals surface area contributed by atoms with E-state index in [1.54, 1.807) is 11.3 Å². The molecule has 5 nitrogen and oxygen atoms in total. The molecule has 24 heavy (non-hydrogen) atoms. The van der Waals surface area contributed by atoms with Gasteiger partial charge in [-0.25, -0.2) is 9.50 Å². The Morgan fingerprint density at radius 3 is 2.75 bits per heavy atom. The van der Waals surface area contributed by atoms with Gasteiger partial charge in [-0.2, -0.15) is 16.4 Å². The average Bonchev–Trinajstić information content (AvgIpc) is 3.23. The Kier molecular flexibility index (Phi) is 3.84. The number of amides is 1. The molecule has 1 saturated heterocycles. The Morgan fingerprint density at radius 1 is 1.25 bits per heavy atom. The molecule has 0 atom stereocenters. The summed E-state index contributed by atoms with van der Waals surface area (Å²) >= 11 is 1.57.